The maximum absolute atomic E-state index is 8.61. The molecule has 5 nitrogen and oxygen atoms in total. The molecule has 0 aliphatic carbocycles. The molecule has 5 heteroatoms. The van der Waals surface area contributed by atoms with Crippen LogP contribution in [0.4, 0.5) is 5.82 Å². The Kier molecular flexibility index (Phi) is 3.52. The minimum Gasteiger partial charge on any atom is -0.411 e. The normalized spacial score (nSPS) is 12.8. The Hall–Kier alpha value is -2.43. The number of aromatic nitrogens is 1. The standard InChI is InChI=1S/C13H14N4O/c1-9(10(2)17-18)15-16-13-8-7-11-5-3-4-6-12(11)14-13/h3-8,18H,1-2H3,(H,14,16)/b15-9+,17-10+. The summed E-state index contributed by atoms with van der Waals surface area (Å²) in [5, 5.41) is 16.8. The second-order valence-electron chi connectivity index (χ2n) is 3.88. The highest BCUT2D eigenvalue weighted by Gasteiger charge is 1.99. The zero-order valence-electron chi connectivity index (χ0n) is 10.3. The van der Waals surface area contributed by atoms with Crippen LogP contribution < -0.4 is 5.43 Å². The van der Waals surface area contributed by atoms with Gasteiger partial charge in [0.1, 0.15) is 5.82 Å². The molecule has 1 aromatic carbocycles. The lowest BCUT2D eigenvalue weighted by molar-refractivity contribution is 0.320. The Morgan fingerprint density at radius 1 is 1.11 bits per heavy atom. The molecule has 0 spiro atoms. The zero-order valence-corrected chi connectivity index (χ0v) is 10.3. The lowest BCUT2D eigenvalue weighted by Crippen LogP contribution is -2.08. The van der Waals surface area contributed by atoms with Gasteiger partial charge in [-0.15, -0.1) is 0 Å². The van der Waals surface area contributed by atoms with Crippen LogP contribution in [-0.4, -0.2) is 21.6 Å². The molecule has 1 aromatic heterocycles. The first-order chi connectivity index (χ1) is 8.70. The highest BCUT2D eigenvalue weighted by Crippen LogP contribution is 2.14. The van der Waals surface area contributed by atoms with Gasteiger partial charge in [-0.1, -0.05) is 23.4 Å². The van der Waals surface area contributed by atoms with Gasteiger partial charge in [-0.2, -0.15) is 5.10 Å². The first kappa shape index (κ1) is 12.0. The molecule has 0 aliphatic heterocycles. The molecule has 0 radical (unpaired) electrons. The van der Waals surface area contributed by atoms with Crippen molar-refractivity contribution in [2.75, 3.05) is 5.43 Å². The molecule has 0 fully saturated rings. The van der Waals surface area contributed by atoms with Crippen molar-refractivity contribution >= 4 is 28.1 Å². The van der Waals surface area contributed by atoms with Gasteiger partial charge >= 0.3 is 0 Å². The third-order valence-corrected chi connectivity index (χ3v) is 2.61. The summed E-state index contributed by atoms with van der Waals surface area (Å²) < 4.78 is 0. The fraction of sp³-hybridized carbons (Fsp3) is 0.154. The quantitative estimate of drug-likeness (QED) is 0.494. The van der Waals surface area contributed by atoms with Crippen molar-refractivity contribution in [3.63, 3.8) is 0 Å². The fourth-order valence-electron chi connectivity index (χ4n) is 1.42. The average molecular weight is 242 g/mol. The molecule has 0 aliphatic rings. The van der Waals surface area contributed by atoms with Crippen molar-refractivity contribution in [1.29, 1.82) is 0 Å². The van der Waals surface area contributed by atoms with Gasteiger partial charge in [-0.25, -0.2) is 4.98 Å². The number of fused-ring (bicyclic) bond motifs is 1. The highest BCUT2D eigenvalue weighted by atomic mass is 16.4. The van der Waals surface area contributed by atoms with Crippen LogP contribution >= 0.6 is 0 Å². The van der Waals surface area contributed by atoms with Crippen LogP contribution in [0.3, 0.4) is 0 Å². The van der Waals surface area contributed by atoms with E-state index in [1.165, 1.54) is 0 Å². The van der Waals surface area contributed by atoms with Gasteiger partial charge in [0.05, 0.1) is 16.9 Å². The molecule has 0 unspecified atom stereocenters. The molecule has 2 N–H and O–H groups in total. The van der Waals surface area contributed by atoms with Crippen LogP contribution in [0.15, 0.2) is 46.7 Å². The third-order valence-electron chi connectivity index (χ3n) is 2.61. The lowest BCUT2D eigenvalue weighted by atomic mass is 10.2. The molecule has 0 bridgehead atoms. The summed E-state index contributed by atoms with van der Waals surface area (Å²) in [4.78, 5) is 4.41. The molecular weight excluding hydrogens is 228 g/mol. The molecular formula is C13H14N4O. The number of rotatable bonds is 3. The number of hydrogen-bond donors (Lipinski definition) is 2. The summed E-state index contributed by atoms with van der Waals surface area (Å²) in [6.07, 6.45) is 0. The zero-order chi connectivity index (χ0) is 13.0. The summed E-state index contributed by atoms with van der Waals surface area (Å²) in [6.45, 7) is 3.43. The second kappa shape index (κ2) is 5.27. The molecule has 0 saturated heterocycles. The van der Waals surface area contributed by atoms with E-state index in [-0.39, 0.29) is 0 Å². The van der Waals surface area contributed by atoms with E-state index in [0.717, 1.165) is 10.9 Å². The minimum absolute atomic E-state index is 0.461. The second-order valence-corrected chi connectivity index (χ2v) is 3.88. The SMILES string of the molecule is CC(=N\O)/C(C)=N/Nc1ccc2ccccc2n1. The molecule has 2 aromatic rings. The molecule has 0 amide bonds. The van der Waals surface area contributed by atoms with E-state index < -0.39 is 0 Å². The van der Waals surface area contributed by atoms with Gasteiger partial charge in [-0.05, 0) is 32.0 Å². The largest absolute Gasteiger partial charge is 0.411 e. The maximum atomic E-state index is 8.61. The van der Waals surface area contributed by atoms with Gasteiger partial charge in [0.15, 0.2) is 0 Å². The summed E-state index contributed by atoms with van der Waals surface area (Å²) in [5.41, 5.74) is 4.81. The van der Waals surface area contributed by atoms with Gasteiger partial charge in [0.2, 0.25) is 0 Å². The maximum Gasteiger partial charge on any atom is 0.146 e. The number of oxime groups is 1. The Labute approximate surface area is 105 Å². The summed E-state index contributed by atoms with van der Waals surface area (Å²) in [6, 6.07) is 11.7. The summed E-state index contributed by atoms with van der Waals surface area (Å²) >= 11 is 0. The molecule has 18 heavy (non-hydrogen) atoms. The monoisotopic (exact) mass is 242 g/mol. The van der Waals surface area contributed by atoms with E-state index in [4.69, 9.17) is 5.21 Å². The minimum atomic E-state index is 0.461. The molecule has 1 heterocycles. The van der Waals surface area contributed by atoms with E-state index in [1.807, 2.05) is 36.4 Å². The number of nitrogens with one attached hydrogen (secondary N) is 1. The van der Waals surface area contributed by atoms with Gasteiger partial charge < -0.3 is 5.21 Å². The molecule has 92 valence electrons. The number of hydrogen-bond acceptors (Lipinski definition) is 5. The van der Waals surface area contributed by atoms with E-state index >= 15 is 0 Å². The van der Waals surface area contributed by atoms with Crippen LogP contribution in [-0.2, 0) is 0 Å². The van der Waals surface area contributed by atoms with Crippen molar-refractivity contribution in [2.45, 2.75) is 13.8 Å². The fourth-order valence-corrected chi connectivity index (χ4v) is 1.42. The van der Waals surface area contributed by atoms with Gasteiger partial charge in [-0.3, -0.25) is 5.43 Å². The van der Waals surface area contributed by atoms with Crippen molar-refractivity contribution in [3.8, 4) is 0 Å². The number of pyridine rings is 1. The topological polar surface area (TPSA) is 69.9 Å². The van der Waals surface area contributed by atoms with Crippen LogP contribution in [0.25, 0.3) is 10.9 Å². The Balaban J connectivity index is 2.22. The number of nitrogens with zero attached hydrogens (tertiary/aromatic N) is 3. The number of benzene rings is 1. The smallest absolute Gasteiger partial charge is 0.146 e. The molecule has 0 saturated carbocycles. The van der Waals surface area contributed by atoms with Crippen LogP contribution in [0.1, 0.15) is 13.8 Å². The van der Waals surface area contributed by atoms with Crippen molar-refractivity contribution in [1.82, 2.24) is 4.98 Å². The van der Waals surface area contributed by atoms with Crippen molar-refractivity contribution in [2.24, 2.45) is 10.3 Å². The average Bonchev–Trinajstić information content (AvgIpc) is 2.43. The van der Waals surface area contributed by atoms with Crippen LogP contribution in [0.2, 0.25) is 0 Å². The number of anilines is 1. The summed E-state index contributed by atoms with van der Waals surface area (Å²) in [5.74, 6) is 0.652. The highest BCUT2D eigenvalue weighted by molar-refractivity contribution is 6.40. The van der Waals surface area contributed by atoms with Gasteiger partial charge in [0, 0.05) is 5.39 Å². The Morgan fingerprint density at radius 2 is 1.89 bits per heavy atom. The molecule has 2 rings (SSSR count). The van der Waals surface area contributed by atoms with E-state index in [9.17, 15) is 0 Å². The van der Waals surface area contributed by atoms with Crippen LogP contribution in [0, 0.1) is 0 Å². The van der Waals surface area contributed by atoms with E-state index in [2.05, 4.69) is 20.7 Å². The first-order valence-corrected chi connectivity index (χ1v) is 5.56. The van der Waals surface area contributed by atoms with Crippen molar-refractivity contribution < 1.29 is 5.21 Å². The summed E-state index contributed by atoms with van der Waals surface area (Å²) in [7, 11) is 0. The predicted molar refractivity (Wildman–Crippen MR) is 73.4 cm³/mol. The van der Waals surface area contributed by atoms with E-state index in [0.29, 0.717) is 17.2 Å². The third kappa shape index (κ3) is 2.63. The van der Waals surface area contributed by atoms with E-state index in [1.54, 1.807) is 13.8 Å². The van der Waals surface area contributed by atoms with Crippen LogP contribution in [0.5, 0.6) is 0 Å². The molecule has 0 atom stereocenters. The first-order valence-electron chi connectivity index (χ1n) is 5.56. The Bertz CT molecular complexity index is 619. The Morgan fingerprint density at radius 3 is 2.67 bits per heavy atom. The number of hydrazone groups is 1. The van der Waals surface area contributed by atoms with Crippen molar-refractivity contribution in [3.05, 3.63) is 36.4 Å². The van der Waals surface area contributed by atoms with Gasteiger partial charge in [0.25, 0.3) is 0 Å². The number of para-hydroxylation sites is 1. The lowest BCUT2D eigenvalue weighted by Gasteiger charge is -2.03. The predicted octanol–water partition coefficient (Wildman–Crippen LogP) is 2.87.